The van der Waals surface area contributed by atoms with E-state index in [4.69, 9.17) is 5.11 Å². The number of rotatable bonds is 5. The number of carbonyl (C=O) groups is 2. The van der Waals surface area contributed by atoms with Crippen molar-refractivity contribution in [2.75, 3.05) is 6.54 Å². The molecule has 0 saturated carbocycles. The highest BCUT2D eigenvalue weighted by Gasteiger charge is 2.17. The van der Waals surface area contributed by atoms with Gasteiger partial charge in [-0.15, -0.1) is 0 Å². The Morgan fingerprint density at radius 2 is 2.10 bits per heavy atom. The minimum absolute atomic E-state index is 0.0226. The minimum atomic E-state index is -0.928. The predicted octanol–water partition coefficient (Wildman–Crippen LogP) is 2.54. The first kappa shape index (κ1) is 14.3. The van der Waals surface area contributed by atoms with E-state index in [-0.39, 0.29) is 11.5 Å². The predicted molar refractivity (Wildman–Crippen MR) is 76.7 cm³/mol. The lowest BCUT2D eigenvalue weighted by Gasteiger charge is -2.07. The zero-order chi connectivity index (χ0) is 14.5. The van der Waals surface area contributed by atoms with Crippen LogP contribution in [0.15, 0.2) is 35.4 Å². The maximum absolute atomic E-state index is 12.0. The summed E-state index contributed by atoms with van der Waals surface area (Å²) in [6.45, 7) is 2.54. The van der Waals surface area contributed by atoms with Gasteiger partial charge in [0.05, 0.1) is 5.56 Å². The second kappa shape index (κ2) is 6.37. The second-order valence-electron chi connectivity index (χ2n) is 5.12. The fourth-order valence-electron chi connectivity index (χ4n) is 2.49. The third-order valence-corrected chi connectivity index (χ3v) is 3.64. The van der Waals surface area contributed by atoms with Crippen LogP contribution in [0, 0.1) is 0 Å². The summed E-state index contributed by atoms with van der Waals surface area (Å²) in [6.07, 6.45) is 3.59. The van der Waals surface area contributed by atoms with Crippen LogP contribution in [0.2, 0.25) is 0 Å². The molecule has 106 valence electrons. The fourth-order valence-corrected chi connectivity index (χ4v) is 2.49. The van der Waals surface area contributed by atoms with Crippen LogP contribution in [0.4, 0.5) is 0 Å². The molecule has 0 saturated heterocycles. The van der Waals surface area contributed by atoms with Gasteiger partial charge in [-0.3, -0.25) is 4.79 Å². The Morgan fingerprint density at radius 3 is 2.75 bits per heavy atom. The molecule has 0 bridgehead atoms. The minimum Gasteiger partial charge on any atom is -0.478 e. The van der Waals surface area contributed by atoms with Gasteiger partial charge in [0.1, 0.15) is 0 Å². The normalized spacial score (nSPS) is 14.4. The van der Waals surface area contributed by atoms with Crippen molar-refractivity contribution in [2.24, 2.45) is 0 Å². The molecule has 0 spiro atoms. The third-order valence-electron chi connectivity index (χ3n) is 3.64. The first-order valence-electron chi connectivity index (χ1n) is 6.87. The van der Waals surface area contributed by atoms with Crippen molar-refractivity contribution < 1.29 is 14.7 Å². The van der Waals surface area contributed by atoms with Crippen molar-refractivity contribution >= 4 is 11.9 Å². The van der Waals surface area contributed by atoms with Crippen molar-refractivity contribution in [3.05, 3.63) is 46.5 Å². The number of hydrogen-bond donors (Lipinski definition) is 2. The standard InChI is InChI=1S/C16H19NO3/c1-11-4-2-7-14(11)15(18)17-9-8-12-5-3-6-13(10-12)16(19)20/h3,5-6,10H,2,4,7-9H2,1H3,(H,17,18)(H,19,20). The molecule has 0 unspecified atom stereocenters. The highest BCUT2D eigenvalue weighted by Crippen LogP contribution is 2.25. The topological polar surface area (TPSA) is 66.4 Å². The lowest BCUT2D eigenvalue weighted by Crippen LogP contribution is -2.27. The second-order valence-corrected chi connectivity index (χ2v) is 5.12. The molecule has 1 aliphatic rings. The number of benzene rings is 1. The summed E-state index contributed by atoms with van der Waals surface area (Å²) in [5.41, 5.74) is 3.31. The molecule has 0 atom stereocenters. The molecule has 0 fully saturated rings. The molecular formula is C16H19NO3. The zero-order valence-electron chi connectivity index (χ0n) is 11.6. The molecule has 20 heavy (non-hydrogen) atoms. The first-order chi connectivity index (χ1) is 9.58. The van der Waals surface area contributed by atoms with E-state index < -0.39 is 5.97 Å². The monoisotopic (exact) mass is 273 g/mol. The number of nitrogens with one attached hydrogen (secondary N) is 1. The van der Waals surface area contributed by atoms with Crippen LogP contribution in [0.25, 0.3) is 0 Å². The van der Waals surface area contributed by atoms with Gasteiger partial charge in [0.15, 0.2) is 0 Å². The Hall–Kier alpha value is -2.10. The quantitative estimate of drug-likeness (QED) is 0.866. The van der Waals surface area contributed by atoms with Gasteiger partial charge in [-0.05, 0) is 50.3 Å². The lowest BCUT2D eigenvalue weighted by atomic mass is 10.1. The molecule has 4 nitrogen and oxygen atoms in total. The average molecular weight is 273 g/mol. The number of amides is 1. The van der Waals surface area contributed by atoms with Gasteiger partial charge in [0, 0.05) is 12.1 Å². The zero-order valence-corrected chi connectivity index (χ0v) is 11.6. The SMILES string of the molecule is CC1=C(C(=O)NCCc2cccc(C(=O)O)c2)CCC1. The number of aromatic carboxylic acids is 1. The van der Waals surface area contributed by atoms with E-state index in [0.717, 1.165) is 30.4 Å². The van der Waals surface area contributed by atoms with Gasteiger partial charge in [-0.25, -0.2) is 4.79 Å². The molecule has 1 aromatic rings. The van der Waals surface area contributed by atoms with E-state index >= 15 is 0 Å². The largest absolute Gasteiger partial charge is 0.478 e. The van der Waals surface area contributed by atoms with Gasteiger partial charge in [-0.2, -0.15) is 0 Å². The summed E-state index contributed by atoms with van der Waals surface area (Å²) in [4.78, 5) is 22.8. The maximum Gasteiger partial charge on any atom is 0.335 e. The molecule has 2 N–H and O–H groups in total. The summed E-state index contributed by atoms with van der Waals surface area (Å²) in [5.74, 6) is -0.906. The van der Waals surface area contributed by atoms with Crippen LogP contribution >= 0.6 is 0 Å². The molecule has 1 aliphatic carbocycles. The van der Waals surface area contributed by atoms with Crippen molar-refractivity contribution in [1.82, 2.24) is 5.32 Å². The molecule has 2 rings (SSSR count). The molecule has 4 heteroatoms. The van der Waals surface area contributed by atoms with Crippen LogP contribution in [-0.4, -0.2) is 23.5 Å². The Labute approximate surface area is 118 Å². The smallest absolute Gasteiger partial charge is 0.335 e. The van der Waals surface area contributed by atoms with Crippen LogP contribution < -0.4 is 5.32 Å². The number of carboxylic acid groups (broad SMARTS) is 1. The van der Waals surface area contributed by atoms with Crippen molar-refractivity contribution in [1.29, 1.82) is 0 Å². The van der Waals surface area contributed by atoms with E-state index in [1.165, 1.54) is 5.57 Å². The van der Waals surface area contributed by atoms with Crippen LogP contribution in [0.3, 0.4) is 0 Å². The molecular weight excluding hydrogens is 254 g/mol. The Bertz CT molecular complexity index is 561. The Balaban J connectivity index is 1.87. The fraction of sp³-hybridized carbons (Fsp3) is 0.375. The van der Waals surface area contributed by atoms with E-state index in [2.05, 4.69) is 5.32 Å². The molecule has 1 aromatic carbocycles. The molecule has 0 aliphatic heterocycles. The summed E-state index contributed by atoms with van der Waals surface area (Å²) in [5, 5.41) is 11.8. The van der Waals surface area contributed by atoms with Crippen molar-refractivity contribution in [2.45, 2.75) is 32.6 Å². The van der Waals surface area contributed by atoms with Crippen LogP contribution in [0.1, 0.15) is 42.1 Å². The van der Waals surface area contributed by atoms with Gasteiger partial charge < -0.3 is 10.4 Å². The third kappa shape index (κ3) is 3.47. The van der Waals surface area contributed by atoms with Gasteiger partial charge in [0.25, 0.3) is 0 Å². The number of carboxylic acids is 1. The summed E-state index contributed by atoms with van der Waals surface area (Å²) >= 11 is 0. The van der Waals surface area contributed by atoms with Gasteiger partial charge in [0.2, 0.25) is 5.91 Å². The number of allylic oxidation sites excluding steroid dienone is 1. The molecule has 1 amide bonds. The van der Waals surface area contributed by atoms with E-state index in [1.54, 1.807) is 18.2 Å². The first-order valence-corrected chi connectivity index (χ1v) is 6.87. The Kier molecular flexibility index (Phi) is 4.56. The van der Waals surface area contributed by atoms with Gasteiger partial charge >= 0.3 is 5.97 Å². The van der Waals surface area contributed by atoms with E-state index in [0.29, 0.717) is 13.0 Å². The van der Waals surface area contributed by atoms with Crippen molar-refractivity contribution in [3.63, 3.8) is 0 Å². The van der Waals surface area contributed by atoms with E-state index in [1.807, 2.05) is 13.0 Å². The molecule has 0 aromatic heterocycles. The van der Waals surface area contributed by atoms with Gasteiger partial charge in [-0.1, -0.05) is 17.7 Å². The summed E-state index contributed by atoms with van der Waals surface area (Å²) < 4.78 is 0. The summed E-state index contributed by atoms with van der Waals surface area (Å²) in [6, 6.07) is 6.81. The maximum atomic E-state index is 12.0. The lowest BCUT2D eigenvalue weighted by molar-refractivity contribution is -0.117. The number of hydrogen-bond acceptors (Lipinski definition) is 2. The molecule has 0 heterocycles. The van der Waals surface area contributed by atoms with E-state index in [9.17, 15) is 9.59 Å². The average Bonchev–Trinajstić information content (AvgIpc) is 2.85. The molecule has 0 radical (unpaired) electrons. The van der Waals surface area contributed by atoms with Crippen molar-refractivity contribution in [3.8, 4) is 0 Å². The highest BCUT2D eigenvalue weighted by atomic mass is 16.4. The number of carbonyl (C=O) groups excluding carboxylic acids is 1. The highest BCUT2D eigenvalue weighted by molar-refractivity contribution is 5.94. The summed E-state index contributed by atoms with van der Waals surface area (Å²) in [7, 11) is 0. The van der Waals surface area contributed by atoms with Crippen LogP contribution in [0.5, 0.6) is 0 Å². The Morgan fingerprint density at radius 1 is 1.30 bits per heavy atom. The van der Waals surface area contributed by atoms with Crippen LogP contribution in [-0.2, 0) is 11.2 Å².